The van der Waals surface area contributed by atoms with E-state index in [-0.39, 0.29) is 10.9 Å². The molecule has 0 aromatic heterocycles. The Morgan fingerprint density at radius 2 is 0.609 bits per heavy atom. The third kappa shape index (κ3) is 5.61. The quantitative estimate of drug-likeness (QED) is 0.463. The molecule has 23 heavy (non-hydrogen) atoms. The maximum absolute atomic E-state index is 2.21. The number of rotatable bonds is 3. The molecule has 0 bridgehead atoms. The summed E-state index contributed by atoms with van der Waals surface area (Å²) in [4.78, 5) is 4.08. The van der Waals surface area contributed by atoms with Gasteiger partial charge in [-0.25, -0.2) is 0 Å². The van der Waals surface area contributed by atoms with Crippen LogP contribution in [0.1, 0.15) is 27.7 Å². The molecule has 3 rings (SSSR count). The van der Waals surface area contributed by atoms with Crippen LogP contribution in [0.25, 0.3) is 0 Å². The van der Waals surface area contributed by atoms with Crippen LogP contribution in [0.4, 0.5) is 0 Å². The van der Waals surface area contributed by atoms with E-state index in [4.69, 9.17) is 0 Å². The van der Waals surface area contributed by atoms with Crippen LogP contribution in [0.5, 0.6) is 0 Å². The van der Waals surface area contributed by atoms with E-state index in [1.807, 2.05) is 27.7 Å². The molecular formula is C22H27S+. The molecule has 0 aliphatic rings. The first kappa shape index (κ1) is 19.1. The van der Waals surface area contributed by atoms with Crippen LogP contribution in [-0.2, 0) is 10.9 Å². The lowest BCUT2D eigenvalue weighted by molar-refractivity contribution is 1.32. The zero-order valence-electron chi connectivity index (χ0n) is 14.6. The third-order valence-corrected chi connectivity index (χ3v) is 5.17. The second-order valence-corrected chi connectivity index (χ2v) is 6.27. The summed E-state index contributed by atoms with van der Waals surface area (Å²) in [6.07, 6.45) is 0. The predicted octanol–water partition coefficient (Wildman–Crippen LogP) is 6.83. The molecule has 0 spiro atoms. The molecular weight excluding hydrogens is 296 g/mol. The molecule has 0 fully saturated rings. The molecule has 0 amide bonds. The Morgan fingerprint density at radius 3 is 0.826 bits per heavy atom. The topological polar surface area (TPSA) is 0 Å². The van der Waals surface area contributed by atoms with Gasteiger partial charge in [0.2, 0.25) is 0 Å². The van der Waals surface area contributed by atoms with Gasteiger partial charge in [-0.2, -0.15) is 0 Å². The Morgan fingerprint density at radius 1 is 0.391 bits per heavy atom. The minimum Gasteiger partial charge on any atom is -0.0683 e. The second-order valence-electron chi connectivity index (χ2n) is 4.25. The van der Waals surface area contributed by atoms with Gasteiger partial charge in [0.1, 0.15) is 0 Å². The van der Waals surface area contributed by atoms with Crippen molar-refractivity contribution in [2.75, 3.05) is 0 Å². The van der Waals surface area contributed by atoms with Gasteiger partial charge in [-0.1, -0.05) is 82.3 Å². The molecule has 0 aliphatic carbocycles. The third-order valence-electron chi connectivity index (χ3n) is 2.94. The highest BCUT2D eigenvalue weighted by molar-refractivity contribution is 7.97. The van der Waals surface area contributed by atoms with Crippen LogP contribution < -0.4 is 0 Å². The monoisotopic (exact) mass is 323 g/mol. The Hall–Kier alpha value is -1.99. The average Bonchev–Trinajstić information content (AvgIpc) is 2.68. The zero-order chi connectivity index (χ0) is 16.9. The molecule has 0 saturated carbocycles. The van der Waals surface area contributed by atoms with Crippen LogP contribution in [0.2, 0.25) is 0 Å². The van der Waals surface area contributed by atoms with Gasteiger partial charge in [-0.05, 0) is 36.4 Å². The molecule has 0 atom stereocenters. The highest BCUT2D eigenvalue weighted by Crippen LogP contribution is 2.30. The normalized spacial score (nSPS) is 9.26. The molecule has 0 aliphatic heterocycles. The first-order chi connectivity index (χ1) is 11.4. The lowest BCUT2D eigenvalue weighted by atomic mass is 10.4. The van der Waals surface area contributed by atoms with Gasteiger partial charge in [0.25, 0.3) is 0 Å². The van der Waals surface area contributed by atoms with Crippen LogP contribution >= 0.6 is 0 Å². The number of hydrogen-bond donors (Lipinski definition) is 0. The van der Waals surface area contributed by atoms with Crippen LogP contribution in [0, 0.1) is 0 Å². The van der Waals surface area contributed by atoms with Crippen molar-refractivity contribution in [2.45, 2.75) is 42.4 Å². The highest BCUT2D eigenvalue weighted by atomic mass is 32.2. The molecule has 0 nitrogen and oxygen atoms in total. The van der Waals surface area contributed by atoms with Crippen molar-refractivity contribution in [1.29, 1.82) is 0 Å². The van der Waals surface area contributed by atoms with Gasteiger partial charge in [0.05, 0.1) is 10.9 Å². The summed E-state index contributed by atoms with van der Waals surface area (Å²) < 4.78 is 0. The van der Waals surface area contributed by atoms with Crippen LogP contribution in [0.3, 0.4) is 0 Å². The van der Waals surface area contributed by atoms with E-state index in [2.05, 4.69) is 91.0 Å². The summed E-state index contributed by atoms with van der Waals surface area (Å²) in [5.74, 6) is 0. The van der Waals surface area contributed by atoms with E-state index >= 15 is 0 Å². The molecule has 3 aromatic carbocycles. The van der Waals surface area contributed by atoms with Crippen molar-refractivity contribution >= 4 is 10.9 Å². The fourth-order valence-electron chi connectivity index (χ4n) is 2.08. The summed E-state index contributed by atoms with van der Waals surface area (Å²) in [5.41, 5.74) is 0. The minimum atomic E-state index is -0.0146. The van der Waals surface area contributed by atoms with Gasteiger partial charge < -0.3 is 0 Å². The Bertz CT molecular complexity index is 524. The molecule has 0 radical (unpaired) electrons. The maximum atomic E-state index is 2.21. The van der Waals surface area contributed by atoms with Gasteiger partial charge in [-0.3, -0.25) is 0 Å². The van der Waals surface area contributed by atoms with E-state index in [0.29, 0.717) is 0 Å². The van der Waals surface area contributed by atoms with Crippen LogP contribution in [0.15, 0.2) is 106 Å². The molecule has 1 heteroatoms. The van der Waals surface area contributed by atoms with E-state index in [1.165, 1.54) is 14.7 Å². The van der Waals surface area contributed by atoms with Gasteiger partial charge in [0, 0.05) is 0 Å². The standard InChI is InChI=1S/C18H15S.2C2H6/c1-4-10-16(11-5-1)19(17-12-6-2-7-13-17)18-14-8-3-9-15-18;2*1-2/h1-15H;2*1-2H3/q+1;;. The van der Waals surface area contributed by atoms with Crippen molar-refractivity contribution in [3.8, 4) is 0 Å². The summed E-state index contributed by atoms with van der Waals surface area (Å²) in [6.45, 7) is 8.00. The van der Waals surface area contributed by atoms with Crippen molar-refractivity contribution in [3.05, 3.63) is 91.0 Å². The van der Waals surface area contributed by atoms with E-state index in [1.54, 1.807) is 0 Å². The largest absolute Gasteiger partial charge is 0.166 e. The summed E-state index contributed by atoms with van der Waals surface area (Å²) in [6, 6.07) is 32.2. The fourth-order valence-corrected chi connectivity index (χ4v) is 4.18. The molecule has 0 N–H and O–H groups in total. The minimum absolute atomic E-state index is 0.0146. The first-order valence-electron chi connectivity index (χ1n) is 8.34. The fraction of sp³-hybridized carbons (Fsp3) is 0.182. The van der Waals surface area contributed by atoms with Crippen molar-refractivity contribution in [3.63, 3.8) is 0 Å². The van der Waals surface area contributed by atoms with Gasteiger partial charge in [-0.15, -0.1) is 0 Å². The zero-order valence-corrected chi connectivity index (χ0v) is 15.4. The van der Waals surface area contributed by atoms with Crippen molar-refractivity contribution < 1.29 is 0 Å². The summed E-state index contributed by atoms with van der Waals surface area (Å²) in [7, 11) is -0.0146. The summed E-state index contributed by atoms with van der Waals surface area (Å²) in [5, 5.41) is 0. The Balaban J connectivity index is 0.000000615. The van der Waals surface area contributed by atoms with E-state index in [9.17, 15) is 0 Å². The van der Waals surface area contributed by atoms with Gasteiger partial charge >= 0.3 is 0 Å². The predicted molar refractivity (Wildman–Crippen MR) is 104 cm³/mol. The number of benzene rings is 3. The molecule has 120 valence electrons. The highest BCUT2D eigenvalue weighted by Gasteiger charge is 2.27. The molecule has 3 aromatic rings. The Kier molecular flexibility index (Phi) is 9.58. The lowest BCUT2D eigenvalue weighted by Crippen LogP contribution is -2.04. The molecule has 0 unspecified atom stereocenters. The Labute approximate surface area is 144 Å². The molecule has 0 heterocycles. The van der Waals surface area contributed by atoms with E-state index < -0.39 is 0 Å². The second kappa shape index (κ2) is 11.6. The molecule has 0 saturated heterocycles. The van der Waals surface area contributed by atoms with Crippen molar-refractivity contribution in [2.24, 2.45) is 0 Å². The smallest absolute Gasteiger partial charge is 0.0683 e. The maximum Gasteiger partial charge on any atom is 0.166 e. The first-order valence-corrected chi connectivity index (χ1v) is 9.57. The lowest BCUT2D eigenvalue weighted by Gasteiger charge is -2.07. The van der Waals surface area contributed by atoms with Gasteiger partial charge in [0.15, 0.2) is 14.7 Å². The SMILES string of the molecule is CC.CC.c1ccc([S+](c2ccccc2)c2ccccc2)cc1. The number of hydrogen-bond acceptors (Lipinski definition) is 0. The van der Waals surface area contributed by atoms with Crippen molar-refractivity contribution in [1.82, 2.24) is 0 Å². The van der Waals surface area contributed by atoms with Crippen LogP contribution in [-0.4, -0.2) is 0 Å². The van der Waals surface area contributed by atoms with E-state index in [0.717, 1.165) is 0 Å². The average molecular weight is 324 g/mol. The summed E-state index contributed by atoms with van der Waals surface area (Å²) >= 11 is 0.